The molecule has 0 aliphatic heterocycles. The van der Waals surface area contributed by atoms with Gasteiger partial charge in [0.05, 0.1) is 0 Å². The van der Waals surface area contributed by atoms with Crippen molar-refractivity contribution in [1.29, 1.82) is 0 Å². The van der Waals surface area contributed by atoms with Crippen molar-refractivity contribution in [2.24, 2.45) is 4.99 Å². The summed E-state index contributed by atoms with van der Waals surface area (Å²) in [7, 11) is 1.25. The van der Waals surface area contributed by atoms with Gasteiger partial charge in [-0.25, -0.2) is 15.0 Å². The molecule has 0 bridgehead atoms. The molecule has 1 aromatic heterocycles. The van der Waals surface area contributed by atoms with Crippen LogP contribution in [0.3, 0.4) is 0 Å². The zero-order valence-corrected chi connectivity index (χ0v) is 13.7. The molecule has 6 heteroatoms. The second kappa shape index (κ2) is 9.37. The van der Waals surface area contributed by atoms with Gasteiger partial charge in [0, 0.05) is 18.1 Å². The van der Waals surface area contributed by atoms with Crippen molar-refractivity contribution >= 4 is 40.1 Å². The first-order valence-electron chi connectivity index (χ1n) is 4.98. The molecular formula is C12H11Br2N3Ni. The molecule has 1 aromatic carbocycles. The minimum absolute atomic E-state index is 0.499. The van der Waals surface area contributed by atoms with Crippen LogP contribution in [0.2, 0.25) is 0 Å². The molecule has 0 aliphatic carbocycles. The maximum absolute atomic E-state index is 4.32. The zero-order valence-electron chi connectivity index (χ0n) is 9.53. The third kappa shape index (κ3) is 5.85. The van der Waals surface area contributed by atoms with Crippen LogP contribution in [0, 0.1) is 0 Å². The molecule has 98 valence electrons. The van der Waals surface area contributed by atoms with E-state index in [0.717, 1.165) is 11.3 Å². The van der Waals surface area contributed by atoms with E-state index in [1.807, 2.05) is 37.3 Å². The van der Waals surface area contributed by atoms with E-state index in [1.54, 1.807) is 18.5 Å². The molecule has 0 aliphatic rings. The van der Waals surface area contributed by atoms with Crippen molar-refractivity contribution in [2.75, 3.05) is 0 Å². The molecule has 0 radical (unpaired) electrons. The number of nitrogens with zero attached hydrogens (tertiary/aromatic N) is 3. The Morgan fingerprint density at radius 3 is 2.17 bits per heavy atom. The third-order valence-corrected chi connectivity index (χ3v) is 2.01. The van der Waals surface area contributed by atoms with Gasteiger partial charge < -0.3 is 0 Å². The fraction of sp³-hybridized carbons (Fsp3) is 0.0833. The topological polar surface area (TPSA) is 38.1 Å². The van der Waals surface area contributed by atoms with E-state index in [2.05, 4.69) is 43.4 Å². The molecule has 0 saturated carbocycles. The Balaban J connectivity index is 0.000000492. The van der Waals surface area contributed by atoms with E-state index in [4.69, 9.17) is 0 Å². The van der Waals surface area contributed by atoms with Crippen LogP contribution in [0.1, 0.15) is 12.5 Å². The van der Waals surface area contributed by atoms with Crippen LogP contribution in [0.5, 0.6) is 0 Å². The first-order valence-corrected chi connectivity index (χ1v) is 9.86. The Bertz CT molecular complexity index is 477. The summed E-state index contributed by atoms with van der Waals surface area (Å²) in [6.07, 6.45) is 3.37. The number of hydrogen-bond donors (Lipinski definition) is 0. The van der Waals surface area contributed by atoms with Crippen LogP contribution in [0.15, 0.2) is 53.8 Å². The number of hydrogen-bond acceptors (Lipinski definition) is 3. The number of aliphatic imine (C=N–C) groups is 1. The van der Waals surface area contributed by atoms with Crippen LogP contribution in [-0.4, -0.2) is 15.7 Å². The van der Waals surface area contributed by atoms with Gasteiger partial charge in [-0.1, -0.05) is 30.3 Å². The maximum atomic E-state index is 4.32. The van der Waals surface area contributed by atoms with Crippen molar-refractivity contribution < 1.29 is 10.9 Å². The Morgan fingerprint density at radius 2 is 1.61 bits per heavy atom. The molecule has 0 N–H and O–H groups in total. The van der Waals surface area contributed by atoms with Crippen molar-refractivity contribution in [2.45, 2.75) is 6.92 Å². The minimum atomic E-state index is 0.499. The molecule has 18 heavy (non-hydrogen) atoms. The van der Waals surface area contributed by atoms with Gasteiger partial charge >= 0.3 is 39.3 Å². The Labute approximate surface area is 127 Å². The average molecular weight is 416 g/mol. The Kier molecular flexibility index (Phi) is 8.06. The molecular weight excluding hydrogens is 405 g/mol. The van der Waals surface area contributed by atoms with Crippen LogP contribution >= 0.6 is 28.5 Å². The Hall–Kier alpha value is -0.576. The number of halogens is 2. The predicted octanol–water partition coefficient (Wildman–Crippen LogP) is 4.31. The monoisotopic (exact) mass is 413 g/mol. The average Bonchev–Trinajstić information content (AvgIpc) is 2.42. The SMILES string of the molecule is C/C(=N\c1ncccn1)c1ccccc1.[Br][Ni][Br]. The molecule has 0 spiro atoms. The van der Waals surface area contributed by atoms with Gasteiger partial charge in [-0.05, 0) is 18.6 Å². The van der Waals surface area contributed by atoms with E-state index in [9.17, 15) is 0 Å². The van der Waals surface area contributed by atoms with Gasteiger partial charge in [0.2, 0.25) is 5.95 Å². The van der Waals surface area contributed by atoms with Gasteiger partial charge in [-0.2, -0.15) is 0 Å². The van der Waals surface area contributed by atoms with Crippen molar-refractivity contribution in [1.82, 2.24) is 9.97 Å². The molecule has 0 saturated heterocycles. The molecule has 2 aromatic rings. The van der Waals surface area contributed by atoms with E-state index < -0.39 is 0 Å². The number of rotatable bonds is 2. The summed E-state index contributed by atoms with van der Waals surface area (Å²) in [5.74, 6) is 0.499. The van der Waals surface area contributed by atoms with E-state index in [-0.39, 0.29) is 0 Å². The van der Waals surface area contributed by atoms with Crippen LogP contribution < -0.4 is 0 Å². The van der Waals surface area contributed by atoms with Gasteiger partial charge in [0.15, 0.2) is 0 Å². The summed E-state index contributed by atoms with van der Waals surface area (Å²) in [6, 6.07) is 11.8. The van der Waals surface area contributed by atoms with Gasteiger partial charge in [-0.15, -0.1) is 0 Å². The third-order valence-electron chi connectivity index (χ3n) is 2.01. The van der Waals surface area contributed by atoms with Crippen LogP contribution in [-0.2, 0) is 10.9 Å². The standard InChI is InChI=1S/C12H11N3.2BrH.Ni/c1-10(11-6-3-2-4-7-11)15-12-13-8-5-9-14-12;;;/h2-9H,1H3;2*1H;/q;;;+2/p-2/b15-10+;;;. The van der Waals surface area contributed by atoms with Crippen molar-refractivity contribution in [3.8, 4) is 0 Å². The second-order valence-corrected chi connectivity index (χ2v) is 8.14. The van der Waals surface area contributed by atoms with Crippen molar-refractivity contribution in [3.63, 3.8) is 0 Å². The number of aromatic nitrogens is 2. The molecule has 0 fully saturated rings. The molecule has 0 unspecified atom stereocenters. The normalized spacial score (nSPS) is 10.7. The summed E-state index contributed by atoms with van der Waals surface area (Å²) in [6.45, 7) is 1.95. The molecule has 1 heterocycles. The molecule has 0 amide bonds. The molecule has 0 atom stereocenters. The van der Waals surface area contributed by atoms with Crippen molar-refractivity contribution in [3.05, 3.63) is 54.4 Å². The predicted molar refractivity (Wildman–Crippen MR) is 78.2 cm³/mol. The Morgan fingerprint density at radius 1 is 1.06 bits per heavy atom. The first-order chi connectivity index (χ1) is 8.77. The summed E-state index contributed by atoms with van der Waals surface area (Å²) >= 11 is 6.00. The van der Waals surface area contributed by atoms with Crippen LogP contribution in [0.25, 0.3) is 0 Å². The summed E-state index contributed by atoms with van der Waals surface area (Å²) in [5, 5.41) is 0. The fourth-order valence-electron chi connectivity index (χ4n) is 1.24. The van der Waals surface area contributed by atoms with E-state index in [1.165, 1.54) is 10.9 Å². The number of benzene rings is 1. The van der Waals surface area contributed by atoms with E-state index in [0.29, 0.717) is 5.95 Å². The van der Waals surface area contributed by atoms with E-state index >= 15 is 0 Å². The van der Waals surface area contributed by atoms with Gasteiger partial charge in [0.25, 0.3) is 0 Å². The van der Waals surface area contributed by atoms with Gasteiger partial charge in [-0.3, -0.25) is 0 Å². The second-order valence-electron chi connectivity index (χ2n) is 3.16. The van der Waals surface area contributed by atoms with Gasteiger partial charge in [0.1, 0.15) is 0 Å². The summed E-state index contributed by atoms with van der Waals surface area (Å²) in [4.78, 5) is 12.4. The fourth-order valence-corrected chi connectivity index (χ4v) is 1.24. The molecule has 3 nitrogen and oxygen atoms in total. The van der Waals surface area contributed by atoms with Crippen LogP contribution in [0.4, 0.5) is 5.95 Å². The first kappa shape index (κ1) is 15.5. The quantitative estimate of drug-likeness (QED) is 0.541. The summed E-state index contributed by atoms with van der Waals surface area (Å²) < 4.78 is 0. The summed E-state index contributed by atoms with van der Waals surface area (Å²) in [5.41, 5.74) is 2.01. The molecule has 2 rings (SSSR count). The zero-order chi connectivity index (χ0) is 13.2.